The maximum Gasteiger partial charge on any atom is 0.251 e. The van der Waals surface area contributed by atoms with Crippen molar-refractivity contribution < 1.29 is 14.3 Å². The highest BCUT2D eigenvalue weighted by Crippen LogP contribution is 2.28. The van der Waals surface area contributed by atoms with Gasteiger partial charge in [-0.2, -0.15) is 0 Å². The lowest BCUT2D eigenvalue weighted by molar-refractivity contribution is 0.0679. The van der Waals surface area contributed by atoms with Crippen LogP contribution in [0.15, 0.2) is 60.8 Å². The van der Waals surface area contributed by atoms with Crippen molar-refractivity contribution >= 4 is 5.91 Å². The quantitative estimate of drug-likeness (QED) is 0.544. The van der Waals surface area contributed by atoms with Crippen molar-refractivity contribution in [3.8, 4) is 16.9 Å². The molecule has 0 saturated carbocycles. The standard InChI is InChI=1S/C27H30N2O3/c1-18-6-9-21(10-7-18)23-13-24(15-26(14-23)32-17-25-5-4-12-31-25)27(30)29-20(3)22-11-8-19(2)28-16-22/h6-11,13-16,20,25H,4-5,12,17H2,1-3H3,(H,29,30). The van der Waals surface area contributed by atoms with Gasteiger partial charge in [-0.1, -0.05) is 35.9 Å². The number of carbonyl (C=O) groups is 1. The average molecular weight is 431 g/mol. The van der Waals surface area contributed by atoms with E-state index in [1.165, 1.54) is 5.56 Å². The van der Waals surface area contributed by atoms with Crippen molar-refractivity contribution in [1.82, 2.24) is 10.3 Å². The minimum atomic E-state index is -0.158. The van der Waals surface area contributed by atoms with E-state index in [0.717, 1.165) is 41.8 Å². The van der Waals surface area contributed by atoms with E-state index in [1.807, 2.05) is 44.2 Å². The van der Waals surface area contributed by atoms with E-state index in [9.17, 15) is 4.79 Å². The van der Waals surface area contributed by atoms with E-state index < -0.39 is 0 Å². The molecule has 1 saturated heterocycles. The molecule has 4 rings (SSSR count). The number of amides is 1. The number of rotatable bonds is 7. The molecule has 32 heavy (non-hydrogen) atoms. The molecule has 166 valence electrons. The third-order valence-corrected chi connectivity index (χ3v) is 5.80. The molecule has 1 aromatic heterocycles. The normalized spacial score (nSPS) is 16.5. The van der Waals surface area contributed by atoms with Crippen LogP contribution >= 0.6 is 0 Å². The molecule has 5 heteroatoms. The Bertz CT molecular complexity index is 1060. The lowest BCUT2D eigenvalue weighted by atomic mass is 10.0. The van der Waals surface area contributed by atoms with E-state index in [0.29, 0.717) is 17.9 Å². The molecule has 1 fully saturated rings. The van der Waals surface area contributed by atoms with Crippen LogP contribution < -0.4 is 10.1 Å². The van der Waals surface area contributed by atoms with Gasteiger partial charge in [-0.3, -0.25) is 9.78 Å². The molecular formula is C27H30N2O3. The summed E-state index contributed by atoms with van der Waals surface area (Å²) in [6.45, 7) is 7.25. The number of nitrogens with zero attached hydrogens (tertiary/aromatic N) is 1. The maximum atomic E-state index is 13.1. The maximum absolute atomic E-state index is 13.1. The van der Waals surface area contributed by atoms with Gasteiger partial charge in [0, 0.05) is 24.1 Å². The number of pyridine rings is 1. The van der Waals surface area contributed by atoms with Gasteiger partial charge in [-0.15, -0.1) is 0 Å². The SMILES string of the molecule is Cc1ccc(-c2cc(OCC3CCCO3)cc(C(=O)NC(C)c3ccc(C)nc3)c2)cc1. The Morgan fingerprint density at radius 3 is 2.62 bits per heavy atom. The van der Waals surface area contributed by atoms with Gasteiger partial charge >= 0.3 is 0 Å². The first-order valence-electron chi connectivity index (χ1n) is 11.2. The van der Waals surface area contributed by atoms with Gasteiger partial charge in [0.1, 0.15) is 12.4 Å². The molecule has 1 aliphatic heterocycles. The second kappa shape index (κ2) is 9.96. The van der Waals surface area contributed by atoms with Gasteiger partial charge in [0.25, 0.3) is 5.91 Å². The highest BCUT2D eigenvalue weighted by atomic mass is 16.5. The fourth-order valence-corrected chi connectivity index (χ4v) is 3.79. The molecule has 2 aromatic carbocycles. The largest absolute Gasteiger partial charge is 0.491 e. The van der Waals surface area contributed by atoms with E-state index >= 15 is 0 Å². The summed E-state index contributed by atoms with van der Waals surface area (Å²) in [7, 11) is 0. The van der Waals surface area contributed by atoms with Gasteiger partial charge in [-0.25, -0.2) is 0 Å². The second-order valence-electron chi connectivity index (χ2n) is 8.49. The topological polar surface area (TPSA) is 60.5 Å². The zero-order valence-electron chi connectivity index (χ0n) is 18.9. The van der Waals surface area contributed by atoms with Crippen LogP contribution in [-0.4, -0.2) is 30.2 Å². The van der Waals surface area contributed by atoms with Crippen LogP contribution in [0, 0.1) is 13.8 Å². The number of benzene rings is 2. The molecular weight excluding hydrogens is 400 g/mol. The Morgan fingerprint density at radius 1 is 1.12 bits per heavy atom. The Hall–Kier alpha value is -3.18. The van der Waals surface area contributed by atoms with Crippen molar-refractivity contribution in [3.63, 3.8) is 0 Å². The van der Waals surface area contributed by atoms with Crippen LogP contribution in [0.5, 0.6) is 5.75 Å². The van der Waals surface area contributed by atoms with Crippen molar-refractivity contribution in [2.45, 2.75) is 45.8 Å². The predicted octanol–water partition coefficient (Wildman–Crippen LogP) is 5.41. The molecule has 2 unspecified atom stereocenters. The minimum absolute atomic E-state index is 0.115. The third kappa shape index (κ3) is 5.54. The van der Waals surface area contributed by atoms with Crippen molar-refractivity contribution in [2.75, 3.05) is 13.2 Å². The van der Waals surface area contributed by atoms with Gasteiger partial charge in [-0.05, 0) is 74.6 Å². The van der Waals surface area contributed by atoms with Crippen LogP contribution in [0.2, 0.25) is 0 Å². The number of aromatic nitrogens is 1. The van der Waals surface area contributed by atoms with Crippen molar-refractivity contribution in [2.24, 2.45) is 0 Å². The van der Waals surface area contributed by atoms with Crippen LogP contribution in [0.4, 0.5) is 0 Å². The summed E-state index contributed by atoms with van der Waals surface area (Å²) in [6, 6.07) is 17.8. The molecule has 1 aliphatic rings. The van der Waals surface area contributed by atoms with Crippen LogP contribution in [0.3, 0.4) is 0 Å². The van der Waals surface area contributed by atoms with Gasteiger partial charge < -0.3 is 14.8 Å². The fourth-order valence-electron chi connectivity index (χ4n) is 3.79. The molecule has 2 atom stereocenters. The van der Waals surface area contributed by atoms with E-state index in [-0.39, 0.29) is 18.1 Å². The van der Waals surface area contributed by atoms with E-state index in [2.05, 4.69) is 41.5 Å². The molecule has 3 aromatic rings. The minimum Gasteiger partial charge on any atom is -0.491 e. The van der Waals surface area contributed by atoms with E-state index in [4.69, 9.17) is 9.47 Å². The summed E-state index contributed by atoms with van der Waals surface area (Å²) in [4.78, 5) is 17.5. The smallest absolute Gasteiger partial charge is 0.251 e. The Balaban J connectivity index is 1.57. The summed E-state index contributed by atoms with van der Waals surface area (Å²) < 4.78 is 11.7. The Kier molecular flexibility index (Phi) is 6.86. The molecule has 1 amide bonds. The second-order valence-corrected chi connectivity index (χ2v) is 8.49. The number of carbonyl (C=O) groups excluding carboxylic acids is 1. The van der Waals surface area contributed by atoms with Crippen LogP contribution in [0.25, 0.3) is 11.1 Å². The average Bonchev–Trinajstić information content (AvgIpc) is 3.32. The Labute approximate surface area is 189 Å². The third-order valence-electron chi connectivity index (χ3n) is 5.80. The highest BCUT2D eigenvalue weighted by molar-refractivity contribution is 5.96. The number of nitrogens with one attached hydrogen (secondary N) is 1. The van der Waals surface area contributed by atoms with Crippen LogP contribution in [0.1, 0.15) is 53.0 Å². The first-order valence-corrected chi connectivity index (χ1v) is 11.2. The zero-order valence-corrected chi connectivity index (χ0v) is 18.9. The molecule has 0 aliphatic carbocycles. The molecule has 0 bridgehead atoms. The molecule has 1 N–H and O–H groups in total. The molecule has 0 radical (unpaired) electrons. The lowest BCUT2D eigenvalue weighted by Gasteiger charge is -2.17. The summed E-state index contributed by atoms with van der Waals surface area (Å²) in [5.74, 6) is 0.530. The number of hydrogen-bond donors (Lipinski definition) is 1. The summed E-state index contributed by atoms with van der Waals surface area (Å²) in [6.07, 6.45) is 3.99. The number of aryl methyl sites for hydroxylation is 2. The van der Waals surface area contributed by atoms with Crippen molar-refractivity contribution in [1.29, 1.82) is 0 Å². The van der Waals surface area contributed by atoms with Crippen molar-refractivity contribution in [3.05, 3.63) is 83.2 Å². The van der Waals surface area contributed by atoms with Gasteiger partial charge in [0.15, 0.2) is 0 Å². The molecule has 5 nitrogen and oxygen atoms in total. The fraction of sp³-hybridized carbons (Fsp3) is 0.333. The number of ether oxygens (including phenoxy) is 2. The lowest BCUT2D eigenvalue weighted by Crippen LogP contribution is -2.27. The zero-order chi connectivity index (χ0) is 22.5. The van der Waals surface area contributed by atoms with Gasteiger partial charge in [0.2, 0.25) is 0 Å². The highest BCUT2D eigenvalue weighted by Gasteiger charge is 2.18. The van der Waals surface area contributed by atoms with E-state index in [1.54, 1.807) is 6.20 Å². The molecule has 2 heterocycles. The molecule has 0 spiro atoms. The summed E-state index contributed by atoms with van der Waals surface area (Å²) in [5.41, 5.74) is 5.67. The van der Waals surface area contributed by atoms with Crippen LogP contribution in [-0.2, 0) is 4.74 Å². The monoisotopic (exact) mass is 430 g/mol. The summed E-state index contributed by atoms with van der Waals surface area (Å²) in [5, 5.41) is 3.08. The predicted molar refractivity (Wildman–Crippen MR) is 126 cm³/mol. The first-order chi connectivity index (χ1) is 15.5. The number of hydrogen-bond acceptors (Lipinski definition) is 4. The first kappa shape index (κ1) is 22.0. The summed E-state index contributed by atoms with van der Waals surface area (Å²) >= 11 is 0. The Morgan fingerprint density at radius 2 is 1.94 bits per heavy atom. The van der Waals surface area contributed by atoms with Gasteiger partial charge in [0.05, 0.1) is 12.1 Å².